The Bertz CT molecular complexity index is 1350. The molecule has 0 unspecified atom stereocenters. The SMILES string of the molecule is Cn1c(=O)n(CC(=O)c2ccccc2)c(=O)c2c(N3CCN(C(=O)C4CC4)CC3)ccnc21. The van der Waals surface area contributed by atoms with Crippen molar-refractivity contribution in [2.45, 2.75) is 19.4 Å². The average Bonchev–Trinajstić information content (AvgIpc) is 3.70. The molecule has 2 fully saturated rings. The molecule has 3 aromatic rings. The minimum atomic E-state index is -0.582. The molecule has 0 spiro atoms. The number of hydrogen-bond acceptors (Lipinski definition) is 6. The highest BCUT2D eigenvalue weighted by Crippen LogP contribution is 2.32. The third-order valence-electron chi connectivity index (χ3n) is 6.46. The van der Waals surface area contributed by atoms with Crippen molar-refractivity contribution in [2.24, 2.45) is 13.0 Å². The van der Waals surface area contributed by atoms with E-state index >= 15 is 0 Å². The number of carbonyl (C=O) groups excluding carboxylic acids is 2. The molecule has 170 valence electrons. The van der Waals surface area contributed by atoms with Gasteiger partial charge < -0.3 is 9.80 Å². The molecule has 33 heavy (non-hydrogen) atoms. The Kier molecular flexibility index (Phi) is 5.32. The summed E-state index contributed by atoms with van der Waals surface area (Å²) < 4.78 is 2.29. The average molecular weight is 447 g/mol. The van der Waals surface area contributed by atoms with E-state index in [2.05, 4.69) is 9.88 Å². The second-order valence-corrected chi connectivity index (χ2v) is 8.64. The first-order valence-corrected chi connectivity index (χ1v) is 11.2. The fraction of sp³-hybridized carbons (Fsp3) is 0.375. The van der Waals surface area contributed by atoms with Gasteiger partial charge in [0.2, 0.25) is 5.91 Å². The summed E-state index contributed by atoms with van der Waals surface area (Å²) in [6, 6.07) is 10.4. The first kappa shape index (κ1) is 21.1. The van der Waals surface area contributed by atoms with Gasteiger partial charge in [0.15, 0.2) is 11.4 Å². The van der Waals surface area contributed by atoms with Gasteiger partial charge in [0, 0.05) is 50.9 Å². The van der Waals surface area contributed by atoms with Gasteiger partial charge in [-0.1, -0.05) is 30.3 Å². The smallest absolute Gasteiger partial charge is 0.332 e. The first-order chi connectivity index (χ1) is 16.0. The maximum absolute atomic E-state index is 13.5. The molecule has 1 aliphatic carbocycles. The molecule has 0 bridgehead atoms. The number of piperazine rings is 1. The number of nitrogens with zero attached hydrogens (tertiary/aromatic N) is 5. The highest BCUT2D eigenvalue weighted by molar-refractivity contribution is 5.96. The summed E-state index contributed by atoms with van der Waals surface area (Å²) in [6.07, 6.45) is 3.53. The van der Waals surface area contributed by atoms with Crippen LogP contribution in [-0.2, 0) is 18.4 Å². The molecule has 1 amide bonds. The van der Waals surface area contributed by atoms with Crippen molar-refractivity contribution < 1.29 is 9.59 Å². The van der Waals surface area contributed by atoms with Crippen LogP contribution in [0.1, 0.15) is 23.2 Å². The lowest BCUT2D eigenvalue weighted by atomic mass is 10.1. The van der Waals surface area contributed by atoms with Crippen LogP contribution in [0.2, 0.25) is 0 Å². The molecular weight excluding hydrogens is 422 g/mol. The molecule has 2 aromatic heterocycles. The van der Waals surface area contributed by atoms with Gasteiger partial charge in [0.1, 0.15) is 5.39 Å². The molecule has 5 rings (SSSR count). The lowest BCUT2D eigenvalue weighted by molar-refractivity contribution is -0.132. The van der Waals surface area contributed by atoms with Gasteiger partial charge in [-0.2, -0.15) is 0 Å². The Morgan fingerprint density at radius 2 is 1.70 bits per heavy atom. The van der Waals surface area contributed by atoms with Gasteiger partial charge in [0.05, 0.1) is 12.2 Å². The number of aryl methyl sites for hydroxylation is 1. The van der Waals surface area contributed by atoms with Crippen molar-refractivity contribution in [1.29, 1.82) is 0 Å². The van der Waals surface area contributed by atoms with Crippen LogP contribution >= 0.6 is 0 Å². The highest BCUT2D eigenvalue weighted by Gasteiger charge is 2.35. The number of ketones is 1. The molecule has 1 saturated heterocycles. The van der Waals surface area contributed by atoms with Crippen LogP contribution in [0.5, 0.6) is 0 Å². The summed E-state index contributed by atoms with van der Waals surface area (Å²) >= 11 is 0. The molecule has 9 heteroatoms. The van der Waals surface area contributed by atoms with Crippen molar-refractivity contribution in [3.63, 3.8) is 0 Å². The fourth-order valence-corrected chi connectivity index (χ4v) is 4.41. The molecule has 3 heterocycles. The van der Waals surface area contributed by atoms with E-state index in [1.165, 1.54) is 4.57 Å². The fourth-order valence-electron chi connectivity index (χ4n) is 4.41. The molecule has 1 aromatic carbocycles. The summed E-state index contributed by atoms with van der Waals surface area (Å²) in [5, 5.41) is 0.308. The predicted octanol–water partition coefficient (Wildman–Crippen LogP) is 1.04. The number of carbonyl (C=O) groups is 2. The van der Waals surface area contributed by atoms with E-state index in [-0.39, 0.29) is 29.8 Å². The molecule has 2 aliphatic rings. The number of amides is 1. The molecule has 0 N–H and O–H groups in total. The van der Waals surface area contributed by atoms with Crippen LogP contribution in [-0.4, -0.2) is 56.9 Å². The summed E-state index contributed by atoms with van der Waals surface area (Å²) in [7, 11) is 1.55. The summed E-state index contributed by atoms with van der Waals surface area (Å²) in [5.74, 6) is 0.0902. The van der Waals surface area contributed by atoms with Crippen molar-refractivity contribution >= 4 is 28.4 Å². The second kappa shape index (κ2) is 8.31. The lowest BCUT2D eigenvalue weighted by Crippen LogP contribution is -2.50. The third kappa shape index (κ3) is 3.83. The molecule has 1 aliphatic heterocycles. The van der Waals surface area contributed by atoms with Gasteiger partial charge in [-0.25, -0.2) is 9.78 Å². The maximum atomic E-state index is 13.5. The topological polar surface area (TPSA) is 97.5 Å². The highest BCUT2D eigenvalue weighted by atomic mass is 16.2. The number of hydrogen-bond donors (Lipinski definition) is 0. The van der Waals surface area contributed by atoms with Crippen LogP contribution < -0.4 is 16.1 Å². The zero-order valence-corrected chi connectivity index (χ0v) is 18.4. The number of aromatic nitrogens is 3. The van der Waals surface area contributed by atoms with Gasteiger partial charge in [-0.05, 0) is 18.9 Å². The van der Waals surface area contributed by atoms with Crippen molar-refractivity contribution in [1.82, 2.24) is 19.0 Å². The van der Waals surface area contributed by atoms with Gasteiger partial charge in [-0.15, -0.1) is 0 Å². The zero-order valence-electron chi connectivity index (χ0n) is 18.4. The summed E-state index contributed by atoms with van der Waals surface area (Å²) in [4.78, 5) is 59.8. The second-order valence-electron chi connectivity index (χ2n) is 8.64. The van der Waals surface area contributed by atoms with Crippen LogP contribution in [0.25, 0.3) is 11.0 Å². The molecule has 0 atom stereocenters. The number of benzene rings is 1. The monoisotopic (exact) mass is 447 g/mol. The maximum Gasteiger partial charge on any atom is 0.332 e. The quantitative estimate of drug-likeness (QED) is 0.542. The molecule has 9 nitrogen and oxygen atoms in total. The molecule has 1 saturated carbocycles. The van der Waals surface area contributed by atoms with Crippen LogP contribution in [0.15, 0.2) is 52.2 Å². The van der Waals surface area contributed by atoms with E-state index in [0.29, 0.717) is 42.8 Å². The van der Waals surface area contributed by atoms with Crippen LogP contribution in [0.3, 0.4) is 0 Å². The Morgan fingerprint density at radius 3 is 2.36 bits per heavy atom. The number of anilines is 1. The van der Waals surface area contributed by atoms with Crippen molar-refractivity contribution in [3.05, 3.63) is 69.0 Å². The zero-order chi connectivity index (χ0) is 23.1. The van der Waals surface area contributed by atoms with E-state index in [0.717, 1.165) is 17.4 Å². The Hall–Kier alpha value is -3.75. The largest absolute Gasteiger partial charge is 0.367 e. The predicted molar refractivity (Wildman–Crippen MR) is 124 cm³/mol. The number of pyridine rings is 1. The van der Waals surface area contributed by atoms with Crippen molar-refractivity contribution in [2.75, 3.05) is 31.1 Å². The van der Waals surface area contributed by atoms with E-state index < -0.39 is 11.2 Å². The van der Waals surface area contributed by atoms with Crippen LogP contribution in [0, 0.1) is 5.92 Å². The minimum absolute atomic E-state index is 0.183. The van der Waals surface area contributed by atoms with E-state index in [9.17, 15) is 19.2 Å². The number of rotatable bonds is 5. The number of Topliss-reactive ketones (excluding diaryl/α,β-unsaturated/α-hetero) is 1. The lowest BCUT2D eigenvalue weighted by Gasteiger charge is -2.36. The molecule has 0 radical (unpaired) electrons. The third-order valence-corrected chi connectivity index (χ3v) is 6.46. The Balaban J connectivity index is 1.50. The Labute approximate surface area is 189 Å². The summed E-state index contributed by atoms with van der Waals surface area (Å²) in [5.41, 5.74) is 0.273. The summed E-state index contributed by atoms with van der Waals surface area (Å²) in [6.45, 7) is 2.01. The first-order valence-electron chi connectivity index (χ1n) is 11.2. The number of fused-ring (bicyclic) bond motifs is 1. The van der Waals surface area contributed by atoms with Crippen molar-refractivity contribution in [3.8, 4) is 0 Å². The molecular formula is C24H25N5O4. The van der Waals surface area contributed by atoms with Gasteiger partial charge >= 0.3 is 5.69 Å². The standard InChI is InChI=1S/C24H25N5O4/c1-26-21-20(23(32)29(24(26)33)15-19(30)16-5-3-2-4-6-16)18(9-10-25-21)27-11-13-28(14-12-27)22(31)17-7-8-17/h2-6,9-10,17H,7-8,11-15H2,1H3. The van der Waals surface area contributed by atoms with E-state index in [4.69, 9.17) is 0 Å². The van der Waals surface area contributed by atoms with E-state index in [1.54, 1.807) is 49.6 Å². The van der Waals surface area contributed by atoms with Gasteiger partial charge in [-0.3, -0.25) is 23.5 Å². The van der Waals surface area contributed by atoms with Gasteiger partial charge in [0.25, 0.3) is 5.56 Å². The Morgan fingerprint density at radius 1 is 1.00 bits per heavy atom. The minimum Gasteiger partial charge on any atom is -0.367 e. The van der Waals surface area contributed by atoms with Crippen LogP contribution in [0.4, 0.5) is 5.69 Å². The van der Waals surface area contributed by atoms with E-state index in [1.807, 2.05) is 4.90 Å². The normalized spacial score (nSPS) is 16.3.